The predicted octanol–water partition coefficient (Wildman–Crippen LogP) is 2.39. The average molecular weight is 389 g/mol. The van der Waals surface area contributed by atoms with Crippen molar-refractivity contribution in [2.24, 2.45) is 15.9 Å². The molecular weight excluding hydrogens is 360 g/mol. The Morgan fingerprint density at radius 3 is 2.52 bits per heavy atom. The second-order valence-corrected chi connectivity index (χ2v) is 6.38. The number of nitrogens with one attached hydrogen (secondary N) is 4. The fraction of sp³-hybridized carbons (Fsp3) is 0.222. The van der Waals surface area contributed by atoms with Crippen LogP contribution in [-0.4, -0.2) is 48.8 Å². The van der Waals surface area contributed by atoms with Crippen molar-refractivity contribution in [3.05, 3.63) is 60.5 Å². The first-order valence-corrected chi connectivity index (χ1v) is 8.70. The summed E-state index contributed by atoms with van der Waals surface area (Å²) in [4.78, 5) is 0.616. The Morgan fingerprint density at radius 1 is 1.30 bits per heavy atom. The molecule has 0 aromatic rings. The molecule has 8 nitrogen and oxygen atoms in total. The third-order valence-electron chi connectivity index (χ3n) is 2.97. The lowest BCUT2D eigenvalue weighted by molar-refractivity contribution is 0.417. The van der Waals surface area contributed by atoms with Crippen LogP contribution in [0.2, 0.25) is 0 Å². The van der Waals surface area contributed by atoms with Crippen LogP contribution < -0.4 is 16.5 Å². The number of rotatable bonds is 13. The smallest absolute Gasteiger partial charge is 0.115 e. The summed E-state index contributed by atoms with van der Waals surface area (Å²) >= 11 is 1.30. The van der Waals surface area contributed by atoms with Gasteiger partial charge in [-0.05, 0) is 23.4 Å². The van der Waals surface area contributed by atoms with Gasteiger partial charge in [0.2, 0.25) is 0 Å². The van der Waals surface area contributed by atoms with Crippen LogP contribution in [0.5, 0.6) is 0 Å². The number of hydrogen-bond acceptors (Lipinski definition) is 9. The zero-order valence-corrected chi connectivity index (χ0v) is 16.7. The van der Waals surface area contributed by atoms with E-state index in [1.54, 1.807) is 25.2 Å². The van der Waals surface area contributed by atoms with Crippen LogP contribution in [-0.2, 0) is 0 Å². The summed E-state index contributed by atoms with van der Waals surface area (Å²) < 4.78 is 0. The molecule has 0 fully saturated rings. The summed E-state index contributed by atoms with van der Waals surface area (Å²) in [5.74, 6) is 0.507. The van der Waals surface area contributed by atoms with Crippen LogP contribution in [0.1, 0.15) is 6.42 Å². The minimum Gasteiger partial charge on any atom is -0.405 e. The number of hydrazone groups is 2. The molecule has 0 spiro atoms. The van der Waals surface area contributed by atoms with Crippen molar-refractivity contribution in [2.75, 3.05) is 20.6 Å². The van der Waals surface area contributed by atoms with Crippen molar-refractivity contribution in [1.82, 2.24) is 15.8 Å². The lowest BCUT2D eigenvalue weighted by Gasteiger charge is -2.19. The highest BCUT2D eigenvalue weighted by atomic mass is 32.2. The van der Waals surface area contributed by atoms with Gasteiger partial charge >= 0.3 is 0 Å². The van der Waals surface area contributed by atoms with Crippen molar-refractivity contribution < 1.29 is 0 Å². The fourth-order valence-corrected chi connectivity index (χ4v) is 2.39. The molecule has 0 heterocycles. The van der Waals surface area contributed by atoms with Crippen molar-refractivity contribution in [3.63, 3.8) is 0 Å². The van der Waals surface area contributed by atoms with E-state index in [1.807, 2.05) is 0 Å². The summed E-state index contributed by atoms with van der Waals surface area (Å²) in [6.45, 7) is 15.8. The van der Waals surface area contributed by atoms with E-state index in [-0.39, 0.29) is 12.3 Å². The second kappa shape index (κ2) is 13.2. The van der Waals surface area contributed by atoms with E-state index in [0.717, 1.165) is 11.8 Å². The Balaban J connectivity index is 5.14. The molecule has 0 aromatic heterocycles. The number of nitrogens with zero attached hydrogens (tertiary/aromatic N) is 3. The largest absolute Gasteiger partial charge is 0.405 e. The third-order valence-corrected chi connectivity index (χ3v) is 3.94. The average Bonchev–Trinajstić information content (AvgIpc) is 2.63. The Hall–Kier alpha value is -3.07. The molecule has 0 bridgehead atoms. The third kappa shape index (κ3) is 10.5. The van der Waals surface area contributed by atoms with Crippen LogP contribution in [0, 0.1) is 10.8 Å². The van der Waals surface area contributed by atoms with E-state index in [0.29, 0.717) is 27.8 Å². The van der Waals surface area contributed by atoms with E-state index in [2.05, 4.69) is 47.3 Å². The van der Waals surface area contributed by atoms with E-state index >= 15 is 0 Å². The van der Waals surface area contributed by atoms with Gasteiger partial charge in [-0.15, -0.1) is 0 Å². The lowest BCUT2D eigenvalue weighted by Crippen LogP contribution is -2.30. The summed E-state index contributed by atoms with van der Waals surface area (Å²) in [6.07, 6.45) is 6.11. The molecule has 0 aliphatic heterocycles. The van der Waals surface area contributed by atoms with Crippen LogP contribution in [0.3, 0.4) is 0 Å². The van der Waals surface area contributed by atoms with Gasteiger partial charge in [-0.2, -0.15) is 10.2 Å². The standard InChI is InChI=1S/C18H28N8S/c1-13(7-8-19)9-18(27-15(3)14(2)10-20)25-26(6)16(4)23-11-17(21)12-24-22-5/h7-8,10,12,20-23H,1-4,9,11,19H2,5-6H3/b8-7-,20-10?,21-17?,24-12-,25-18-. The first-order chi connectivity index (χ1) is 12.7. The molecule has 27 heavy (non-hydrogen) atoms. The van der Waals surface area contributed by atoms with Gasteiger partial charge in [-0.1, -0.05) is 38.1 Å². The molecule has 0 aliphatic carbocycles. The molecule has 0 atom stereocenters. The first-order valence-electron chi connectivity index (χ1n) is 7.88. The SMILES string of the molecule is C=C(/C=C\N)C/C(=N/N(C)C(=C)NCC(=N)/C=N\NC)SC(=C)C(=C)C=N. The van der Waals surface area contributed by atoms with Gasteiger partial charge in [-0.3, -0.25) is 5.01 Å². The second-order valence-electron chi connectivity index (χ2n) is 5.21. The lowest BCUT2D eigenvalue weighted by atomic mass is 10.2. The number of allylic oxidation sites excluding steroid dienone is 3. The Labute approximate surface area is 165 Å². The minimum atomic E-state index is 0.256. The van der Waals surface area contributed by atoms with Crippen molar-refractivity contribution >= 4 is 34.9 Å². The normalized spacial score (nSPS) is 11.3. The topological polar surface area (TPSA) is 126 Å². The van der Waals surface area contributed by atoms with Crippen LogP contribution in [0.25, 0.3) is 0 Å². The maximum atomic E-state index is 7.74. The summed E-state index contributed by atoms with van der Waals surface area (Å²) in [5, 5.41) is 28.6. The molecule has 0 aromatic carbocycles. The molecule has 9 heteroatoms. The number of nitrogens with two attached hydrogens (primary N) is 1. The molecule has 0 radical (unpaired) electrons. The minimum absolute atomic E-state index is 0.256. The van der Waals surface area contributed by atoms with Crippen molar-refractivity contribution in [1.29, 1.82) is 10.8 Å². The van der Waals surface area contributed by atoms with Crippen molar-refractivity contribution in [3.8, 4) is 0 Å². The van der Waals surface area contributed by atoms with Crippen LogP contribution in [0.4, 0.5) is 0 Å². The molecule has 6 N–H and O–H groups in total. The Kier molecular flexibility index (Phi) is 11.7. The van der Waals surface area contributed by atoms with E-state index in [4.69, 9.17) is 16.6 Å². The summed E-state index contributed by atoms with van der Waals surface area (Å²) in [5.41, 5.74) is 9.56. The van der Waals surface area contributed by atoms with Gasteiger partial charge in [-0.25, -0.2) is 0 Å². The molecule has 0 saturated carbocycles. The Bertz CT molecular complexity index is 687. The highest BCUT2D eigenvalue weighted by Gasteiger charge is 2.10. The van der Waals surface area contributed by atoms with Gasteiger partial charge in [0.25, 0.3) is 0 Å². The predicted molar refractivity (Wildman–Crippen MR) is 119 cm³/mol. The Morgan fingerprint density at radius 2 is 1.96 bits per heavy atom. The maximum Gasteiger partial charge on any atom is 0.115 e. The highest BCUT2D eigenvalue weighted by molar-refractivity contribution is 8.17. The van der Waals surface area contributed by atoms with Gasteiger partial charge in [0.05, 0.1) is 18.5 Å². The van der Waals surface area contributed by atoms with Gasteiger partial charge < -0.3 is 27.3 Å². The fourth-order valence-electron chi connectivity index (χ4n) is 1.50. The molecule has 146 valence electrons. The quantitative estimate of drug-likeness (QED) is 0.143. The molecule has 0 saturated heterocycles. The summed E-state index contributed by atoms with van der Waals surface area (Å²) in [6, 6.07) is 0. The van der Waals surface area contributed by atoms with Crippen molar-refractivity contribution in [2.45, 2.75) is 6.42 Å². The molecule has 0 unspecified atom stereocenters. The number of thioether (sulfide) groups is 1. The zero-order valence-electron chi connectivity index (χ0n) is 15.9. The summed E-state index contributed by atoms with van der Waals surface area (Å²) in [7, 11) is 3.39. The maximum absolute atomic E-state index is 7.74. The molecule has 0 rings (SSSR count). The number of hydrogen-bond donors (Lipinski definition) is 5. The van der Waals surface area contributed by atoms with Gasteiger partial charge in [0, 0.05) is 31.6 Å². The molecule has 0 aliphatic rings. The highest BCUT2D eigenvalue weighted by Crippen LogP contribution is 2.25. The van der Waals surface area contributed by atoms with E-state index in [9.17, 15) is 0 Å². The van der Waals surface area contributed by atoms with Crippen LogP contribution in [0.15, 0.2) is 70.7 Å². The van der Waals surface area contributed by atoms with Crippen LogP contribution >= 0.6 is 11.8 Å². The van der Waals surface area contributed by atoms with E-state index < -0.39 is 0 Å². The first kappa shape index (κ1) is 23.9. The van der Waals surface area contributed by atoms with Gasteiger partial charge in [0.1, 0.15) is 10.9 Å². The van der Waals surface area contributed by atoms with E-state index in [1.165, 1.54) is 24.2 Å². The molecular formula is C18H28N8S. The monoisotopic (exact) mass is 388 g/mol. The zero-order chi connectivity index (χ0) is 20.8. The molecule has 0 amide bonds. The van der Waals surface area contributed by atoms with Gasteiger partial charge in [0.15, 0.2) is 0 Å².